The SMILES string of the molecule is CN1C(=O)C2CN(C(=O)c3coc4ccccc34)CC2(c2cccs2)N=C1N. The maximum absolute atomic E-state index is 13.3. The molecule has 2 amide bonds. The molecule has 0 aliphatic carbocycles. The van der Waals surface area contributed by atoms with E-state index >= 15 is 0 Å². The van der Waals surface area contributed by atoms with E-state index in [4.69, 9.17) is 15.1 Å². The highest BCUT2D eigenvalue weighted by Gasteiger charge is 2.57. The normalized spacial score (nSPS) is 24.5. The molecule has 2 aliphatic heterocycles. The average Bonchev–Trinajstić information content (AvgIpc) is 3.43. The van der Waals surface area contributed by atoms with Crippen molar-refractivity contribution in [1.29, 1.82) is 0 Å². The van der Waals surface area contributed by atoms with Crippen molar-refractivity contribution in [2.45, 2.75) is 5.54 Å². The fourth-order valence-electron chi connectivity index (χ4n) is 4.16. The largest absolute Gasteiger partial charge is 0.463 e. The molecule has 1 saturated heterocycles. The van der Waals surface area contributed by atoms with Crippen molar-refractivity contribution in [2.24, 2.45) is 16.6 Å². The number of furan rings is 1. The van der Waals surface area contributed by atoms with Crippen LogP contribution >= 0.6 is 11.3 Å². The van der Waals surface area contributed by atoms with E-state index in [2.05, 4.69) is 0 Å². The molecule has 7 nitrogen and oxygen atoms in total. The summed E-state index contributed by atoms with van der Waals surface area (Å²) in [6, 6.07) is 11.3. The van der Waals surface area contributed by atoms with Crippen LogP contribution in [0.1, 0.15) is 15.2 Å². The fourth-order valence-corrected chi connectivity index (χ4v) is 5.07. The molecule has 3 aromatic rings. The molecule has 2 aliphatic rings. The second kappa shape index (κ2) is 5.93. The van der Waals surface area contributed by atoms with Gasteiger partial charge in [0.1, 0.15) is 17.4 Å². The number of hydrogen-bond donors (Lipinski definition) is 1. The van der Waals surface area contributed by atoms with Crippen LogP contribution in [0.5, 0.6) is 0 Å². The van der Waals surface area contributed by atoms with Gasteiger partial charge in [-0.2, -0.15) is 0 Å². The highest BCUT2D eigenvalue weighted by atomic mass is 32.1. The number of guanidine groups is 1. The van der Waals surface area contributed by atoms with Crippen molar-refractivity contribution >= 4 is 40.1 Å². The van der Waals surface area contributed by atoms with E-state index in [9.17, 15) is 9.59 Å². The molecule has 0 spiro atoms. The molecule has 2 atom stereocenters. The molecule has 5 rings (SSSR count). The summed E-state index contributed by atoms with van der Waals surface area (Å²) in [5.74, 6) is -0.573. The van der Waals surface area contributed by atoms with E-state index in [-0.39, 0.29) is 24.3 Å². The molecule has 2 aromatic heterocycles. The summed E-state index contributed by atoms with van der Waals surface area (Å²) < 4.78 is 5.53. The predicted molar refractivity (Wildman–Crippen MR) is 106 cm³/mol. The monoisotopic (exact) mass is 394 g/mol. The molecule has 2 unspecified atom stereocenters. The van der Waals surface area contributed by atoms with E-state index in [1.165, 1.54) is 22.5 Å². The molecular formula is C20H18N4O3S. The third-order valence-corrected chi connectivity index (χ3v) is 6.68. The first-order valence-corrected chi connectivity index (χ1v) is 9.81. The van der Waals surface area contributed by atoms with Gasteiger partial charge in [-0.15, -0.1) is 11.3 Å². The fraction of sp³-hybridized carbons (Fsp3) is 0.250. The third-order valence-electron chi connectivity index (χ3n) is 5.64. The van der Waals surface area contributed by atoms with Crippen molar-refractivity contribution in [3.05, 3.63) is 58.5 Å². The van der Waals surface area contributed by atoms with Gasteiger partial charge < -0.3 is 15.1 Å². The lowest BCUT2D eigenvalue weighted by atomic mass is 9.84. The Balaban J connectivity index is 1.58. The Morgan fingerprint density at radius 3 is 2.93 bits per heavy atom. The number of hydrogen-bond acceptors (Lipinski definition) is 6. The van der Waals surface area contributed by atoms with E-state index in [0.717, 1.165) is 10.3 Å². The second-order valence-corrected chi connectivity index (χ2v) is 8.10. The van der Waals surface area contributed by atoms with E-state index in [1.807, 2.05) is 41.8 Å². The van der Waals surface area contributed by atoms with E-state index in [0.29, 0.717) is 17.7 Å². The molecular weight excluding hydrogens is 376 g/mol. The number of amides is 2. The van der Waals surface area contributed by atoms with Gasteiger partial charge in [-0.25, -0.2) is 4.99 Å². The van der Waals surface area contributed by atoms with Crippen molar-refractivity contribution in [3.63, 3.8) is 0 Å². The summed E-state index contributed by atoms with van der Waals surface area (Å²) >= 11 is 1.53. The maximum atomic E-state index is 13.3. The van der Waals surface area contributed by atoms with Crippen LogP contribution in [0, 0.1) is 5.92 Å². The average molecular weight is 394 g/mol. The molecule has 2 N–H and O–H groups in total. The standard InChI is InChI=1S/C20H18N4O3S/c1-23-18(26)14-9-24(11-20(14,22-19(23)21)16-7-4-8-28-16)17(25)13-10-27-15-6-3-2-5-12(13)15/h2-8,10,14H,9,11H2,1H3,(H2,21,22). The smallest absolute Gasteiger partial charge is 0.257 e. The lowest BCUT2D eigenvalue weighted by molar-refractivity contribution is -0.132. The minimum atomic E-state index is -0.836. The molecule has 0 bridgehead atoms. The zero-order valence-electron chi connectivity index (χ0n) is 15.2. The number of benzene rings is 1. The zero-order chi connectivity index (χ0) is 19.5. The third kappa shape index (κ3) is 2.24. The molecule has 4 heterocycles. The van der Waals surface area contributed by atoms with Crippen molar-refractivity contribution < 1.29 is 14.0 Å². The van der Waals surface area contributed by atoms with E-state index in [1.54, 1.807) is 11.9 Å². The lowest BCUT2D eigenvalue weighted by Gasteiger charge is -2.36. The summed E-state index contributed by atoms with van der Waals surface area (Å²) in [7, 11) is 1.62. The number of thiophene rings is 1. The lowest BCUT2D eigenvalue weighted by Crippen LogP contribution is -2.54. The van der Waals surface area contributed by atoms with Crippen LogP contribution < -0.4 is 5.73 Å². The van der Waals surface area contributed by atoms with Gasteiger partial charge in [-0.1, -0.05) is 24.3 Å². The molecule has 0 radical (unpaired) electrons. The van der Waals surface area contributed by atoms with Gasteiger partial charge in [0.25, 0.3) is 5.91 Å². The summed E-state index contributed by atoms with van der Waals surface area (Å²) in [4.78, 5) is 35.0. The highest BCUT2D eigenvalue weighted by molar-refractivity contribution is 7.10. The number of nitrogens with two attached hydrogens (primary N) is 1. The van der Waals surface area contributed by atoms with Crippen LogP contribution in [0.4, 0.5) is 0 Å². The van der Waals surface area contributed by atoms with Gasteiger partial charge in [0.15, 0.2) is 5.96 Å². The summed E-state index contributed by atoms with van der Waals surface area (Å²) in [5, 5.41) is 2.71. The van der Waals surface area contributed by atoms with Gasteiger partial charge in [0.2, 0.25) is 5.91 Å². The number of carbonyl (C=O) groups excluding carboxylic acids is 2. The first-order valence-electron chi connectivity index (χ1n) is 8.93. The Morgan fingerprint density at radius 2 is 2.14 bits per heavy atom. The maximum Gasteiger partial charge on any atom is 0.257 e. The number of nitrogens with zero attached hydrogens (tertiary/aromatic N) is 3. The summed E-state index contributed by atoms with van der Waals surface area (Å²) in [6.07, 6.45) is 1.48. The Kier molecular flexibility index (Phi) is 3.60. The van der Waals surface area contributed by atoms with Crippen LogP contribution in [0.15, 0.2) is 57.5 Å². The molecule has 1 fully saturated rings. The van der Waals surface area contributed by atoms with Crippen LogP contribution in [0.3, 0.4) is 0 Å². The van der Waals surface area contributed by atoms with Crippen molar-refractivity contribution in [1.82, 2.24) is 9.80 Å². The number of fused-ring (bicyclic) bond motifs is 2. The van der Waals surface area contributed by atoms with Crippen molar-refractivity contribution in [2.75, 3.05) is 20.1 Å². The van der Waals surface area contributed by atoms with Crippen LogP contribution in [-0.2, 0) is 10.3 Å². The molecule has 0 saturated carbocycles. The number of likely N-dealkylation sites (tertiary alicyclic amines) is 1. The van der Waals surface area contributed by atoms with Crippen LogP contribution in [-0.4, -0.2) is 47.7 Å². The second-order valence-electron chi connectivity index (χ2n) is 7.15. The minimum absolute atomic E-state index is 0.117. The highest BCUT2D eigenvalue weighted by Crippen LogP contribution is 2.46. The molecule has 28 heavy (non-hydrogen) atoms. The van der Waals surface area contributed by atoms with Crippen molar-refractivity contribution in [3.8, 4) is 0 Å². The quantitative estimate of drug-likeness (QED) is 0.722. The Morgan fingerprint density at radius 1 is 1.32 bits per heavy atom. The summed E-state index contributed by atoms with van der Waals surface area (Å²) in [6.45, 7) is 0.590. The van der Waals surface area contributed by atoms with E-state index < -0.39 is 11.5 Å². The van der Waals surface area contributed by atoms with Gasteiger partial charge in [-0.3, -0.25) is 14.5 Å². The van der Waals surface area contributed by atoms with Gasteiger partial charge in [-0.05, 0) is 17.5 Å². The van der Waals surface area contributed by atoms with Gasteiger partial charge >= 0.3 is 0 Å². The number of aliphatic imine (C=N–C) groups is 1. The Hall–Kier alpha value is -3.13. The van der Waals surface area contributed by atoms with Gasteiger partial charge in [0.05, 0.1) is 18.0 Å². The van der Waals surface area contributed by atoms with Crippen LogP contribution in [0.2, 0.25) is 0 Å². The topological polar surface area (TPSA) is 92.1 Å². The summed E-state index contributed by atoms with van der Waals surface area (Å²) in [5.41, 5.74) is 6.37. The number of rotatable bonds is 2. The number of carbonyl (C=O) groups is 2. The molecule has 142 valence electrons. The predicted octanol–water partition coefficient (Wildman–Crippen LogP) is 2.25. The minimum Gasteiger partial charge on any atom is -0.463 e. The zero-order valence-corrected chi connectivity index (χ0v) is 16.0. The molecule has 8 heteroatoms. The van der Waals surface area contributed by atoms with Gasteiger partial charge in [0, 0.05) is 23.9 Å². The molecule has 1 aromatic carbocycles. The Bertz CT molecular complexity index is 1120. The Labute approximate surface area is 165 Å². The number of para-hydroxylation sites is 1. The first-order chi connectivity index (χ1) is 13.5. The first kappa shape index (κ1) is 17.0. The van der Waals surface area contributed by atoms with Crippen LogP contribution in [0.25, 0.3) is 11.0 Å².